The summed E-state index contributed by atoms with van der Waals surface area (Å²) < 4.78 is 1.87. The van der Waals surface area contributed by atoms with Crippen molar-refractivity contribution in [2.75, 3.05) is 0 Å². The fourth-order valence-electron chi connectivity index (χ4n) is 0.813. The summed E-state index contributed by atoms with van der Waals surface area (Å²) in [7, 11) is 0. The molecule has 0 saturated heterocycles. The lowest BCUT2D eigenvalue weighted by atomic mass is 10.5. The number of rotatable bonds is 4. The standard InChI is InChI=1S/C6H10N4O/c1-2-10-4-8-9-6(10)3-7-5-11/h4-5H,2-3H2,1H3,(H,7,11). The van der Waals surface area contributed by atoms with Gasteiger partial charge in [0.1, 0.15) is 6.33 Å². The molecule has 60 valence electrons. The van der Waals surface area contributed by atoms with Crippen molar-refractivity contribution >= 4 is 6.41 Å². The molecule has 0 saturated carbocycles. The fourth-order valence-corrected chi connectivity index (χ4v) is 0.813. The van der Waals surface area contributed by atoms with Gasteiger partial charge in [0.2, 0.25) is 6.41 Å². The average Bonchev–Trinajstić information content (AvgIpc) is 2.47. The molecule has 0 unspecified atom stereocenters. The summed E-state index contributed by atoms with van der Waals surface area (Å²) in [5.74, 6) is 0.777. The summed E-state index contributed by atoms with van der Waals surface area (Å²) in [5, 5.41) is 10.0. The Labute approximate surface area is 64.4 Å². The van der Waals surface area contributed by atoms with Gasteiger partial charge < -0.3 is 9.88 Å². The van der Waals surface area contributed by atoms with Crippen molar-refractivity contribution in [2.24, 2.45) is 0 Å². The van der Waals surface area contributed by atoms with Crippen LogP contribution in [0, 0.1) is 0 Å². The van der Waals surface area contributed by atoms with Crippen LogP contribution in [0.3, 0.4) is 0 Å². The smallest absolute Gasteiger partial charge is 0.207 e. The van der Waals surface area contributed by atoms with E-state index in [0.29, 0.717) is 13.0 Å². The Morgan fingerprint density at radius 3 is 3.27 bits per heavy atom. The molecular weight excluding hydrogens is 144 g/mol. The van der Waals surface area contributed by atoms with E-state index in [1.54, 1.807) is 6.33 Å². The van der Waals surface area contributed by atoms with Crippen LogP contribution >= 0.6 is 0 Å². The predicted octanol–water partition coefficient (Wildman–Crippen LogP) is -0.456. The molecule has 0 spiro atoms. The lowest BCUT2D eigenvalue weighted by Gasteiger charge is -2.00. The molecule has 1 N–H and O–H groups in total. The molecule has 0 fully saturated rings. The van der Waals surface area contributed by atoms with Crippen LogP contribution in [0.5, 0.6) is 0 Å². The summed E-state index contributed by atoms with van der Waals surface area (Å²) >= 11 is 0. The topological polar surface area (TPSA) is 59.8 Å². The Morgan fingerprint density at radius 2 is 2.64 bits per heavy atom. The zero-order chi connectivity index (χ0) is 8.10. The van der Waals surface area contributed by atoms with Gasteiger partial charge in [-0.25, -0.2) is 0 Å². The van der Waals surface area contributed by atoms with Crippen molar-refractivity contribution in [3.05, 3.63) is 12.2 Å². The first-order valence-electron chi connectivity index (χ1n) is 3.42. The largest absolute Gasteiger partial charge is 0.351 e. The van der Waals surface area contributed by atoms with Gasteiger partial charge in [-0.1, -0.05) is 0 Å². The Hall–Kier alpha value is -1.39. The van der Waals surface area contributed by atoms with Crippen molar-refractivity contribution in [3.8, 4) is 0 Å². The number of nitrogens with one attached hydrogen (secondary N) is 1. The minimum Gasteiger partial charge on any atom is -0.351 e. The molecular formula is C6H10N4O. The van der Waals surface area contributed by atoms with E-state index >= 15 is 0 Å². The van der Waals surface area contributed by atoms with Crippen LogP contribution in [0.2, 0.25) is 0 Å². The van der Waals surface area contributed by atoms with Crippen LogP contribution in [0.1, 0.15) is 12.7 Å². The van der Waals surface area contributed by atoms with Crippen LogP contribution in [-0.2, 0) is 17.9 Å². The van der Waals surface area contributed by atoms with Crippen LogP contribution in [-0.4, -0.2) is 21.2 Å². The number of carbonyl (C=O) groups excluding carboxylic acids is 1. The van der Waals surface area contributed by atoms with Crippen molar-refractivity contribution in [1.29, 1.82) is 0 Å². The van der Waals surface area contributed by atoms with Gasteiger partial charge >= 0.3 is 0 Å². The highest BCUT2D eigenvalue weighted by molar-refractivity contribution is 5.45. The Balaban J connectivity index is 2.60. The second-order valence-electron chi connectivity index (χ2n) is 2.03. The fraction of sp³-hybridized carbons (Fsp3) is 0.500. The summed E-state index contributed by atoms with van der Waals surface area (Å²) in [6.07, 6.45) is 2.29. The molecule has 1 amide bonds. The summed E-state index contributed by atoms with van der Waals surface area (Å²) in [5.41, 5.74) is 0. The lowest BCUT2D eigenvalue weighted by molar-refractivity contribution is -0.109. The Morgan fingerprint density at radius 1 is 1.82 bits per heavy atom. The maximum Gasteiger partial charge on any atom is 0.207 e. The highest BCUT2D eigenvalue weighted by Gasteiger charge is 1.99. The molecule has 0 aromatic carbocycles. The molecule has 0 atom stereocenters. The highest BCUT2D eigenvalue weighted by Crippen LogP contribution is 1.92. The Bertz CT molecular complexity index is 232. The van der Waals surface area contributed by atoms with Gasteiger partial charge in [-0.15, -0.1) is 10.2 Å². The molecule has 1 heterocycles. The van der Waals surface area contributed by atoms with Gasteiger partial charge in [-0.3, -0.25) is 4.79 Å². The molecule has 0 radical (unpaired) electrons. The van der Waals surface area contributed by atoms with E-state index in [4.69, 9.17) is 0 Å². The van der Waals surface area contributed by atoms with Gasteiger partial charge in [0.25, 0.3) is 0 Å². The van der Waals surface area contributed by atoms with Crippen molar-refractivity contribution in [1.82, 2.24) is 20.1 Å². The molecule has 1 aromatic rings. The number of carbonyl (C=O) groups is 1. The van der Waals surface area contributed by atoms with E-state index in [9.17, 15) is 4.79 Å². The number of hydrogen-bond donors (Lipinski definition) is 1. The predicted molar refractivity (Wildman–Crippen MR) is 38.6 cm³/mol. The second-order valence-corrected chi connectivity index (χ2v) is 2.03. The van der Waals surface area contributed by atoms with E-state index in [1.807, 2.05) is 11.5 Å². The van der Waals surface area contributed by atoms with Crippen molar-refractivity contribution < 1.29 is 4.79 Å². The normalized spacial score (nSPS) is 9.55. The number of aromatic nitrogens is 3. The van der Waals surface area contributed by atoms with Crippen LogP contribution < -0.4 is 5.32 Å². The van der Waals surface area contributed by atoms with E-state index in [-0.39, 0.29) is 0 Å². The number of nitrogens with zero attached hydrogens (tertiary/aromatic N) is 3. The van der Waals surface area contributed by atoms with Crippen LogP contribution in [0.15, 0.2) is 6.33 Å². The number of hydrogen-bond acceptors (Lipinski definition) is 3. The van der Waals surface area contributed by atoms with Crippen molar-refractivity contribution in [3.63, 3.8) is 0 Å². The molecule has 0 aliphatic carbocycles. The van der Waals surface area contributed by atoms with E-state index in [2.05, 4.69) is 15.5 Å². The quantitative estimate of drug-likeness (QED) is 0.597. The maximum atomic E-state index is 9.93. The molecule has 5 heteroatoms. The first-order valence-corrected chi connectivity index (χ1v) is 3.42. The van der Waals surface area contributed by atoms with Gasteiger partial charge in [0.15, 0.2) is 5.82 Å². The van der Waals surface area contributed by atoms with Crippen LogP contribution in [0.25, 0.3) is 0 Å². The molecule has 1 rings (SSSR count). The third-order valence-corrected chi connectivity index (χ3v) is 1.38. The third-order valence-electron chi connectivity index (χ3n) is 1.38. The first kappa shape index (κ1) is 7.71. The summed E-state index contributed by atoms with van der Waals surface area (Å²) in [6.45, 7) is 3.26. The molecule has 0 aliphatic rings. The van der Waals surface area contributed by atoms with Gasteiger partial charge in [0.05, 0.1) is 6.54 Å². The highest BCUT2D eigenvalue weighted by atomic mass is 16.1. The Kier molecular flexibility index (Phi) is 2.59. The van der Waals surface area contributed by atoms with E-state index in [0.717, 1.165) is 12.4 Å². The maximum absolute atomic E-state index is 9.93. The second kappa shape index (κ2) is 3.70. The van der Waals surface area contributed by atoms with E-state index < -0.39 is 0 Å². The summed E-state index contributed by atoms with van der Waals surface area (Å²) in [6, 6.07) is 0. The number of amides is 1. The lowest BCUT2D eigenvalue weighted by Crippen LogP contribution is -2.14. The zero-order valence-corrected chi connectivity index (χ0v) is 6.32. The SMILES string of the molecule is CCn1cnnc1CNC=O. The molecule has 0 aliphatic heterocycles. The van der Waals surface area contributed by atoms with Gasteiger partial charge in [0, 0.05) is 6.54 Å². The molecule has 11 heavy (non-hydrogen) atoms. The van der Waals surface area contributed by atoms with Crippen molar-refractivity contribution in [2.45, 2.75) is 20.0 Å². The third kappa shape index (κ3) is 1.76. The number of aryl methyl sites for hydroxylation is 1. The minimum absolute atomic E-state index is 0.442. The molecule has 1 aromatic heterocycles. The van der Waals surface area contributed by atoms with Crippen LogP contribution in [0.4, 0.5) is 0 Å². The first-order chi connectivity index (χ1) is 5.38. The van der Waals surface area contributed by atoms with E-state index in [1.165, 1.54) is 0 Å². The molecule has 0 bridgehead atoms. The minimum atomic E-state index is 0.442. The zero-order valence-electron chi connectivity index (χ0n) is 6.32. The molecule has 5 nitrogen and oxygen atoms in total. The van der Waals surface area contributed by atoms with Gasteiger partial charge in [-0.2, -0.15) is 0 Å². The summed E-state index contributed by atoms with van der Waals surface area (Å²) in [4.78, 5) is 9.93. The average molecular weight is 154 g/mol. The monoisotopic (exact) mass is 154 g/mol. The van der Waals surface area contributed by atoms with Gasteiger partial charge in [-0.05, 0) is 6.92 Å².